The van der Waals surface area contributed by atoms with Crippen molar-refractivity contribution in [3.8, 4) is 0 Å². The van der Waals surface area contributed by atoms with Gasteiger partial charge in [0.1, 0.15) is 12.4 Å². The molecule has 3 aliphatic heterocycles. The number of hydrogen-bond donors (Lipinski definition) is 0. The number of carbonyl (C=O) groups is 3. The molecule has 3 aliphatic rings. The molecule has 2 aromatic carbocycles. The number of fused-ring (bicyclic) bond motifs is 1. The molecule has 2 fully saturated rings. The number of rotatable bonds is 4. The second-order valence-corrected chi connectivity index (χ2v) is 9.85. The third kappa shape index (κ3) is 4.59. The molecule has 34 heavy (non-hydrogen) atoms. The highest BCUT2D eigenvalue weighted by Crippen LogP contribution is 2.33. The molecule has 3 amide bonds. The van der Waals surface area contributed by atoms with Crippen molar-refractivity contribution < 1.29 is 18.8 Å². The lowest BCUT2D eigenvalue weighted by Crippen LogP contribution is -2.44. The Hall–Kier alpha value is -3.13. The van der Waals surface area contributed by atoms with Gasteiger partial charge in [0.25, 0.3) is 11.1 Å². The SMILES string of the molecule is O=C(CN1C(=O)SC(=Cc2ccc(N3CCCCC3)c(F)c2)C1=O)N1CCc2ccccc2C1. The van der Waals surface area contributed by atoms with Gasteiger partial charge in [0.05, 0.1) is 10.6 Å². The number of hydrogen-bond acceptors (Lipinski definition) is 5. The number of thioether (sulfide) groups is 1. The van der Waals surface area contributed by atoms with Crippen molar-refractivity contribution in [2.75, 3.05) is 31.1 Å². The predicted molar refractivity (Wildman–Crippen MR) is 131 cm³/mol. The molecular formula is C26H26FN3O3S. The van der Waals surface area contributed by atoms with Gasteiger partial charge in [0, 0.05) is 26.2 Å². The number of benzene rings is 2. The highest BCUT2D eigenvalue weighted by atomic mass is 32.2. The van der Waals surface area contributed by atoms with Crippen molar-refractivity contribution in [1.82, 2.24) is 9.80 Å². The lowest BCUT2D eigenvalue weighted by Gasteiger charge is -2.29. The molecule has 0 aromatic heterocycles. The Kier molecular flexibility index (Phi) is 6.41. The monoisotopic (exact) mass is 479 g/mol. The smallest absolute Gasteiger partial charge is 0.294 e. The average molecular weight is 480 g/mol. The zero-order valence-corrected chi connectivity index (χ0v) is 19.7. The lowest BCUT2D eigenvalue weighted by atomic mass is 10.00. The predicted octanol–water partition coefficient (Wildman–Crippen LogP) is 4.44. The van der Waals surface area contributed by atoms with Crippen molar-refractivity contribution in [3.05, 3.63) is 69.9 Å². The Morgan fingerprint density at radius 2 is 1.76 bits per heavy atom. The maximum absolute atomic E-state index is 14.8. The minimum absolute atomic E-state index is 0.201. The van der Waals surface area contributed by atoms with E-state index in [0.29, 0.717) is 24.3 Å². The molecule has 6 nitrogen and oxygen atoms in total. The summed E-state index contributed by atoms with van der Waals surface area (Å²) in [5.74, 6) is -1.10. The fraction of sp³-hybridized carbons (Fsp3) is 0.346. The second kappa shape index (κ2) is 9.62. The van der Waals surface area contributed by atoms with Gasteiger partial charge in [-0.1, -0.05) is 30.3 Å². The van der Waals surface area contributed by atoms with Gasteiger partial charge in [-0.15, -0.1) is 0 Å². The summed E-state index contributed by atoms with van der Waals surface area (Å²) in [6.07, 6.45) is 5.55. The van der Waals surface area contributed by atoms with Gasteiger partial charge in [-0.3, -0.25) is 19.3 Å². The van der Waals surface area contributed by atoms with Gasteiger partial charge in [-0.05, 0) is 72.3 Å². The van der Waals surface area contributed by atoms with Crippen molar-refractivity contribution >= 4 is 40.6 Å². The Bertz CT molecular complexity index is 1180. The van der Waals surface area contributed by atoms with Gasteiger partial charge >= 0.3 is 0 Å². The summed E-state index contributed by atoms with van der Waals surface area (Å²) in [4.78, 5) is 43.1. The molecule has 176 valence electrons. The molecule has 2 saturated heterocycles. The van der Waals surface area contributed by atoms with Gasteiger partial charge in [-0.25, -0.2) is 4.39 Å². The van der Waals surface area contributed by atoms with Crippen LogP contribution in [0.2, 0.25) is 0 Å². The topological polar surface area (TPSA) is 60.9 Å². The minimum Gasteiger partial charge on any atom is -0.369 e. The zero-order chi connectivity index (χ0) is 23.7. The first-order chi connectivity index (χ1) is 16.5. The van der Waals surface area contributed by atoms with Crippen LogP contribution in [-0.2, 0) is 22.6 Å². The number of halogens is 1. The summed E-state index contributed by atoms with van der Waals surface area (Å²) in [6.45, 7) is 2.43. The Morgan fingerprint density at radius 1 is 1.00 bits per heavy atom. The molecule has 0 radical (unpaired) electrons. The standard InChI is InChI=1S/C26H26FN3O3S/c27-21-14-18(8-9-22(21)28-11-4-1-5-12-28)15-23-25(32)30(26(33)34-23)17-24(31)29-13-10-19-6-2-3-7-20(19)16-29/h2-3,6-9,14-15H,1,4-5,10-13,16-17H2. The summed E-state index contributed by atoms with van der Waals surface area (Å²) in [5, 5.41) is -0.479. The molecule has 0 saturated carbocycles. The fourth-order valence-electron chi connectivity index (χ4n) is 4.74. The van der Waals surface area contributed by atoms with Gasteiger partial charge in [0.15, 0.2) is 0 Å². The van der Waals surface area contributed by atoms with E-state index in [-0.39, 0.29) is 23.2 Å². The molecule has 0 atom stereocenters. The molecule has 2 aromatic rings. The number of amides is 3. The summed E-state index contributed by atoms with van der Waals surface area (Å²) in [7, 11) is 0. The van der Waals surface area contributed by atoms with E-state index in [1.807, 2.05) is 23.1 Å². The van der Waals surface area contributed by atoms with E-state index >= 15 is 0 Å². The molecule has 3 heterocycles. The van der Waals surface area contributed by atoms with Crippen LogP contribution >= 0.6 is 11.8 Å². The van der Waals surface area contributed by atoms with Gasteiger partial charge in [0.2, 0.25) is 5.91 Å². The van der Waals surface area contributed by atoms with Crippen LogP contribution in [0.4, 0.5) is 14.9 Å². The highest BCUT2D eigenvalue weighted by molar-refractivity contribution is 8.18. The molecule has 0 N–H and O–H groups in total. The van der Waals surface area contributed by atoms with Crippen molar-refractivity contribution in [3.63, 3.8) is 0 Å². The molecular weight excluding hydrogens is 453 g/mol. The molecule has 0 aliphatic carbocycles. The Morgan fingerprint density at radius 3 is 2.53 bits per heavy atom. The second-order valence-electron chi connectivity index (χ2n) is 8.86. The van der Waals surface area contributed by atoms with Crippen LogP contribution in [0.15, 0.2) is 47.4 Å². The quantitative estimate of drug-likeness (QED) is 0.607. The lowest BCUT2D eigenvalue weighted by molar-refractivity contribution is -0.136. The van der Waals surface area contributed by atoms with Crippen LogP contribution < -0.4 is 4.90 Å². The number of carbonyl (C=O) groups excluding carboxylic acids is 3. The summed E-state index contributed by atoms with van der Waals surface area (Å²) in [5.41, 5.74) is 3.40. The first-order valence-electron chi connectivity index (χ1n) is 11.6. The normalized spacial score (nSPS) is 19.7. The first kappa shape index (κ1) is 22.7. The highest BCUT2D eigenvalue weighted by Gasteiger charge is 2.37. The molecule has 0 spiro atoms. The van der Waals surface area contributed by atoms with Crippen molar-refractivity contribution in [2.45, 2.75) is 32.2 Å². The van der Waals surface area contributed by atoms with E-state index in [1.165, 1.54) is 24.1 Å². The van der Waals surface area contributed by atoms with E-state index in [1.54, 1.807) is 17.0 Å². The van der Waals surface area contributed by atoms with Crippen molar-refractivity contribution in [1.29, 1.82) is 0 Å². The van der Waals surface area contributed by atoms with Gasteiger partial charge in [-0.2, -0.15) is 0 Å². The molecule has 0 bridgehead atoms. The minimum atomic E-state index is -0.513. The Balaban J connectivity index is 1.26. The Labute approximate surface area is 202 Å². The third-order valence-electron chi connectivity index (χ3n) is 6.62. The molecule has 8 heteroatoms. The number of nitrogens with zero attached hydrogens (tertiary/aromatic N) is 3. The van der Waals surface area contributed by atoms with E-state index in [0.717, 1.165) is 54.6 Å². The van der Waals surface area contributed by atoms with Crippen LogP contribution in [0, 0.1) is 5.82 Å². The van der Waals surface area contributed by atoms with E-state index < -0.39 is 11.1 Å². The van der Waals surface area contributed by atoms with Gasteiger partial charge < -0.3 is 9.80 Å². The summed E-state index contributed by atoms with van der Waals surface area (Å²) in [6, 6.07) is 12.9. The van der Waals surface area contributed by atoms with Crippen molar-refractivity contribution in [2.24, 2.45) is 0 Å². The largest absolute Gasteiger partial charge is 0.369 e. The van der Waals surface area contributed by atoms with Crippen LogP contribution in [0.3, 0.4) is 0 Å². The first-order valence-corrected chi connectivity index (χ1v) is 12.5. The fourth-order valence-corrected chi connectivity index (χ4v) is 5.57. The zero-order valence-electron chi connectivity index (χ0n) is 18.8. The summed E-state index contributed by atoms with van der Waals surface area (Å²) < 4.78 is 14.8. The molecule has 0 unspecified atom stereocenters. The van der Waals surface area contributed by atoms with Crippen LogP contribution in [0.25, 0.3) is 6.08 Å². The number of anilines is 1. The third-order valence-corrected chi connectivity index (χ3v) is 7.52. The summed E-state index contributed by atoms with van der Waals surface area (Å²) >= 11 is 0.787. The maximum Gasteiger partial charge on any atom is 0.294 e. The van der Waals surface area contributed by atoms with Crippen LogP contribution in [0.5, 0.6) is 0 Å². The average Bonchev–Trinajstić information content (AvgIpc) is 3.11. The van der Waals surface area contributed by atoms with Crippen LogP contribution in [0.1, 0.15) is 36.0 Å². The van der Waals surface area contributed by atoms with Crippen LogP contribution in [-0.4, -0.2) is 53.0 Å². The molecule has 5 rings (SSSR count). The van der Waals surface area contributed by atoms with E-state index in [2.05, 4.69) is 6.07 Å². The maximum atomic E-state index is 14.8. The van der Waals surface area contributed by atoms with E-state index in [4.69, 9.17) is 0 Å². The van der Waals surface area contributed by atoms with E-state index in [9.17, 15) is 18.8 Å². The number of imide groups is 1. The number of piperidine rings is 1.